The van der Waals surface area contributed by atoms with Crippen LogP contribution in [0.5, 0.6) is 0 Å². The van der Waals surface area contributed by atoms with E-state index in [0.29, 0.717) is 30.3 Å². The summed E-state index contributed by atoms with van der Waals surface area (Å²) < 4.78 is 13.7. The van der Waals surface area contributed by atoms with E-state index in [1.807, 2.05) is 23.1 Å². The van der Waals surface area contributed by atoms with Crippen LogP contribution < -0.4 is 5.32 Å². The Labute approximate surface area is 229 Å². The van der Waals surface area contributed by atoms with Gasteiger partial charge in [-0.15, -0.1) is 0 Å². The molecule has 8 heteroatoms. The minimum absolute atomic E-state index is 0.0256. The molecule has 6 nitrogen and oxygen atoms in total. The molecule has 2 saturated carbocycles. The average Bonchev–Trinajstić information content (AvgIpc) is 3.53. The highest BCUT2D eigenvalue weighted by Crippen LogP contribution is 2.69. The smallest absolute Gasteiger partial charge is 0.322 e. The average molecular weight is 539 g/mol. The first-order chi connectivity index (χ1) is 18.1. The standard InChI is InChI=1S/C30H36ClFN4O2/c1-29(2)26-17-30(26,21-6-3-5-20(15-21)18-33)11-9-27(29)36(13-4-12-35-14-10-23(37)19-35)28(38)34-22-7-8-25(32)24(31)16-22/h3,5-8,15-16,23,26-27,37H,4,9-14,17,19H2,1-2H3,(H,34,38)/t23-,26?,27-,30-/m0/s1. The maximum Gasteiger partial charge on any atom is 0.322 e. The van der Waals surface area contributed by atoms with E-state index >= 15 is 0 Å². The highest BCUT2D eigenvalue weighted by Gasteiger charge is 2.66. The number of nitriles is 1. The summed E-state index contributed by atoms with van der Waals surface area (Å²) in [7, 11) is 0. The Hall–Kier alpha value is -2.66. The number of nitrogens with zero attached hydrogens (tertiary/aromatic N) is 3. The SMILES string of the molecule is CC1(C)C2C[C@]2(c2cccc(C#N)c2)CC[C@@H]1N(CCCN1CC[C@H](O)C1)C(=O)Nc1ccc(F)c(Cl)c1. The predicted octanol–water partition coefficient (Wildman–Crippen LogP) is 5.79. The number of benzene rings is 2. The van der Waals surface area contributed by atoms with E-state index in [1.165, 1.54) is 23.8 Å². The summed E-state index contributed by atoms with van der Waals surface area (Å²) in [5, 5.41) is 22.2. The Kier molecular flexibility index (Phi) is 7.43. The second-order valence-corrected chi connectivity index (χ2v) is 12.2. The number of fused-ring (bicyclic) bond motifs is 1. The fraction of sp³-hybridized carbons (Fsp3) is 0.533. The Balaban J connectivity index is 1.35. The van der Waals surface area contributed by atoms with Crippen LogP contribution in [-0.2, 0) is 5.41 Å². The highest BCUT2D eigenvalue weighted by atomic mass is 35.5. The normalized spacial score (nSPS) is 27.8. The number of likely N-dealkylation sites (tertiary alicyclic amines) is 1. The zero-order valence-electron chi connectivity index (χ0n) is 22.1. The zero-order valence-corrected chi connectivity index (χ0v) is 22.8. The van der Waals surface area contributed by atoms with Gasteiger partial charge in [0.25, 0.3) is 0 Å². The van der Waals surface area contributed by atoms with E-state index in [1.54, 1.807) is 0 Å². The number of hydrogen-bond donors (Lipinski definition) is 2. The van der Waals surface area contributed by atoms with E-state index in [0.717, 1.165) is 45.2 Å². The molecule has 1 saturated heterocycles. The van der Waals surface area contributed by atoms with Gasteiger partial charge in [0.15, 0.2) is 0 Å². The Morgan fingerprint density at radius 2 is 2.11 bits per heavy atom. The number of aliphatic hydroxyl groups is 1. The molecule has 0 aromatic heterocycles. The van der Waals surface area contributed by atoms with E-state index in [4.69, 9.17) is 11.6 Å². The van der Waals surface area contributed by atoms with Crippen LogP contribution in [0.4, 0.5) is 14.9 Å². The van der Waals surface area contributed by atoms with Gasteiger partial charge in [-0.25, -0.2) is 9.18 Å². The van der Waals surface area contributed by atoms with Crippen molar-refractivity contribution in [1.29, 1.82) is 5.26 Å². The fourth-order valence-corrected chi connectivity index (χ4v) is 7.30. The number of aliphatic hydroxyl groups excluding tert-OH is 1. The van der Waals surface area contributed by atoms with Crippen LogP contribution >= 0.6 is 11.6 Å². The summed E-state index contributed by atoms with van der Waals surface area (Å²) in [6, 6.07) is 14.3. The molecule has 2 N–H and O–H groups in total. The quantitative estimate of drug-likeness (QED) is 0.468. The summed E-state index contributed by atoms with van der Waals surface area (Å²) in [5.41, 5.74) is 2.32. The number of urea groups is 1. The molecule has 2 aromatic carbocycles. The molecule has 2 aliphatic carbocycles. The number of carbonyl (C=O) groups excluding carboxylic acids is 1. The minimum atomic E-state index is -0.520. The largest absolute Gasteiger partial charge is 0.392 e. The van der Waals surface area contributed by atoms with Crippen molar-refractivity contribution in [3.05, 3.63) is 64.4 Å². The summed E-state index contributed by atoms with van der Waals surface area (Å²) in [5.74, 6) is -0.111. The van der Waals surface area contributed by atoms with Gasteiger partial charge in [-0.1, -0.05) is 37.6 Å². The molecule has 0 radical (unpaired) electrons. The van der Waals surface area contributed by atoms with Crippen molar-refractivity contribution in [2.24, 2.45) is 11.3 Å². The topological polar surface area (TPSA) is 79.6 Å². The number of rotatable bonds is 7. The van der Waals surface area contributed by atoms with Crippen LogP contribution in [0.15, 0.2) is 42.5 Å². The van der Waals surface area contributed by atoms with Crippen molar-refractivity contribution in [3.63, 3.8) is 0 Å². The van der Waals surface area contributed by atoms with Gasteiger partial charge < -0.3 is 20.2 Å². The Morgan fingerprint density at radius 1 is 1.29 bits per heavy atom. The van der Waals surface area contributed by atoms with E-state index in [-0.39, 0.29) is 34.0 Å². The minimum Gasteiger partial charge on any atom is -0.392 e. The first kappa shape index (κ1) is 26.9. The van der Waals surface area contributed by atoms with Crippen molar-refractivity contribution in [1.82, 2.24) is 9.80 Å². The van der Waals surface area contributed by atoms with Gasteiger partial charge in [-0.2, -0.15) is 5.26 Å². The molecule has 3 fully saturated rings. The number of amides is 2. The van der Waals surface area contributed by atoms with Crippen molar-refractivity contribution < 1.29 is 14.3 Å². The van der Waals surface area contributed by atoms with Gasteiger partial charge in [0.05, 0.1) is 22.8 Å². The lowest BCUT2D eigenvalue weighted by molar-refractivity contribution is 0.0564. The van der Waals surface area contributed by atoms with Crippen LogP contribution in [0.2, 0.25) is 5.02 Å². The molecule has 3 aliphatic rings. The molecule has 1 heterocycles. The van der Waals surface area contributed by atoms with Gasteiger partial charge in [-0.05, 0) is 91.3 Å². The van der Waals surface area contributed by atoms with Gasteiger partial charge in [0.1, 0.15) is 5.82 Å². The first-order valence-electron chi connectivity index (χ1n) is 13.6. The second kappa shape index (κ2) is 10.5. The highest BCUT2D eigenvalue weighted by molar-refractivity contribution is 6.31. The summed E-state index contributed by atoms with van der Waals surface area (Å²) in [6.07, 6.45) is 4.21. The third-order valence-electron chi connectivity index (χ3n) is 9.19. The van der Waals surface area contributed by atoms with Crippen LogP contribution in [0.1, 0.15) is 57.1 Å². The lowest BCUT2D eigenvalue weighted by atomic mass is 9.66. The number of hydrogen-bond acceptors (Lipinski definition) is 4. The molecular formula is C30H36ClFN4O2. The maximum absolute atomic E-state index is 13.7. The van der Waals surface area contributed by atoms with Gasteiger partial charge in [-0.3, -0.25) is 0 Å². The number of carbonyl (C=O) groups is 1. The zero-order chi connectivity index (χ0) is 27.1. The third kappa shape index (κ3) is 5.14. The number of halogens is 2. The molecule has 0 spiro atoms. The molecule has 2 aromatic rings. The molecule has 202 valence electrons. The fourth-order valence-electron chi connectivity index (χ4n) is 7.12. The Bertz CT molecular complexity index is 1250. The van der Waals surface area contributed by atoms with Crippen LogP contribution in [0, 0.1) is 28.5 Å². The summed E-state index contributed by atoms with van der Waals surface area (Å²) >= 11 is 5.97. The van der Waals surface area contributed by atoms with E-state index in [2.05, 4.69) is 36.2 Å². The maximum atomic E-state index is 13.7. The molecule has 1 aliphatic heterocycles. The lowest BCUT2D eigenvalue weighted by Gasteiger charge is -2.47. The molecule has 0 bridgehead atoms. The van der Waals surface area contributed by atoms with E-state index in [9.17, 15) is 19.6 Å². The van der Waals surface area contributed by atoms with Crippen LogP contribution in [0.25, 0.3) is 0 Å². The van der Waals surface area contributed by atoms with Crippen molar-refractivity contribution in [2.75, 3.05) is 31.5 Å². The number of anilines is 1. The lowest BCUT2D eigenvalue weighted by Crippen LogP contribution is -2.54. The van der Waals surface area contributed by atoms with Gasteiger partial charge in [0.2, 0.25) is 0 Å². The molecule has 2 amide bonds. The first-order valence-corrected chi connectivity index (χ1v) is 14.0. The van der Waals surface area contributed by atoms with E-state index < -0.39 is 5.82 Å². The Morgan fingerprint density at radius 3 is 2.82 bits per heavy atom. The molecule has 1 unspecified atom stereocenters. The van der Waals surface area contributed by atoms with Gasteiger partial charge in [0, 0.05) is 31.4 Å². The number of nitrogens with one attached hydrogen (secondary N) is 1. The monoisotopic (exact) mass is 538 g/mol. The third-order valence-corrected chi connectivity index (χ3v) is 9.48. The van der Waals surface area contributed by atoms with Gasteiger partial charge >= 0.3 is 6.03 Å². The molecule has 4 atom stereocenters. The summed E-state index contributed by atoms with van der Waals surface area (Å²) in [6.45, 7) is 7.51. The summed E-state index contributed by atoms with van der Waals surface area (Å²) in [4.78, 5) is 17.9. The predicted molar refractivity (Wildman–Crippen MR) is 147 cm³/mol. The van der Waals surface area contributed by atoms with Crippen molar-refractivity contribution in [3.8, 4) is 6.07 Å². The van der Waals surface area contributed by atoms with Crippen LogP contribution in [0.3, 0.4) is 0 Å². The van der Waals surface area contributed by atoms with Crippen molar-refractivity contribution in [2.45, 2.75) is 63.5 Å². The second-order valence-electron chi connectivity index (χ2n) is 11.8. The van der Waals surface area contributed by atoms with Crippen LogP contribution in [-0.4, -0.2) is 59.3 Å². The number of β-amino-alcohol motifs (C(OH)–C–C–N with tert-alkyl or cyclic N) is 1. The van der Waals surface area contributed by atoms with Crippen molar-refractivity contribution >= 4 is 23.3 Å². The molecule has 5 rings (SSSR count). The molecular weight excluding hydrogens is 503 g/mol. The molecule has 38 heavy (non-hydrogen) atoms.